The van der Waals surface area contributed by atoms with Crippen molar-refractivity contribution in [1.29, 1.82) is 0 Å². The van der Waals surface area contributed by atoms with Crippen LogP contribution in [0.4, 0.5) is 0 Å². The van der Waals surface area contributed by atoms with Crippen LogP contribution in [0.1, 0.15) is 39.0 Å². The average Bonchev–Trinajstić information content (AvgIpc) is 3.35. The number of rotatable bonds is 4. The lowest BCUT2D eigenvalue weighted by Crippen LogP contribution is -2.52. The van der Waals surface area contributed by atoms with Gasteiger partial charge >= 0.3 is 0 Å². The first kappa shape index (κ1) is 22.6. The summed E-state index contributed by atoms with van der Waals surface area (Å²) < 4.78 is 0. The van der Waals surface area contributed by atoms with Crippen LogP contribution >= 0.6 is 0 Å². The van der Waals surface area contributed by atoms with Crippen LogP contribution in [0.15, 0.2) is 85.1 Å². The number of benzene rings is 3. The molecule has 2 aliphatic rings. The molecule has 0 radical (unpaired) electrons. The predicted octanol–water partition coefficient (Wildman–Crippen LogP) is 4.42. The summed E-state index contributed by atoms with van der Waals surface area (Å²) in [5.74, 6) is -0.405. The highest BCUT2D eigenvalue weighted by molar-refractivity contribution is 6.02. The maximum absolute atomic E-state index is 14.2. The quantitative estimate of drug-likeness (QED) is 0.472. The number of amides is 2. The van der Waals surface area contributed by atoms with E-state index >= 15 is 0 Å². The second-order valence-electron chi connectivity index (χ2n) is 9.80. The van der Waals surface area contributed by atoms with E-state index in [1.807, 2.05) is 66.7 Å². The monoisotopic (exact) mass is 478 g/mol. The van der Waals surface area contributed by atoms with Gasteiger partial charge in [0.1, 0.15) is 0 Å². The van der Waals surface area contributed by atoms with Gasteiger partial charge in [0.15, 0.2) is 0 Å². The number of likely N-dealkylation sites (N-methyl/N-ethyl adjacent to an activating group) is 1. The number of carbonyl (C=O) groups excluding carboxylic acids is 2. The van der Waals surface area contributed by atoms with Gasteiger partial charge in [-0.15, -0.1) is 0 Å². The van der Waals surface area contributed by atoms with Crippen LogP contribution in [-0.2, 0) is 11.3 Å². The van der Waals surface area contributed by atoms with E-state index in [4.69, 9.17) is 0 Å². The number of para-hydroxylation sites is 1. The normalized spacial score (nSPS) is 20.5. The van der Waals surface area contributed by atoms with Crippen molar-refractivity contribution in [2.24, 2.45) is 0 Å². The zero-order valence-electron chi connectivity index (χ0n) is 20.4. The molecule has 6 nitrogen and oxygen atoms in total. The number of aromatic nitrogens is 1. The molecule has 1 fully saturated rings. The molecule has 1 saturated heterocycles. The Labute approximate surface area is 211 Å². The first-order valence-electron chi connectivity index (χ1n) is 12.6. The molecule has 2 unspecified atom stereocenters. The van der Waals surface area contributed by atoms with E-state index in [1.165, 1.54) is 5.56 Å². The van der Waals surface area contributed by atoms with E-state index in [-0.39, 0.29) is 17.9 Å². The number of piperazine rings is 1. The number of fused-ring (bicyclic) bond motifs is 2. The standard InChI is InChI=1S/C30H30N4O2/c1-32-28(25-19-31-26-14-8-7-11-22(25)26)27(23-12-5-6-13-24(23)29(32)35)30(36)34-17-15-33(16-18-34)20-21-9-3-2-4-10-21/h2-14,19,27-28,31H,15-18,20H2,1H3. The van der Waals surface area contributed by atoms with Crippen molar-refractivity contribution in [1.82, 2.24) is 19.7 Å². The summed E-state index contributed by atoms with van der Waals surface area (Å²) in [5.41, 5.74) is 4.73. The van der Waals surface area contributed by atoms with Crippen molar-refractivity contribution in [3.8, 4) is 0 Å². The summed E-state index contributed by atoms with van der Waals surface area (Å²) in [7, 11) is 1.82. The van der Waals surface area contributed by atoms with Crippen molar-refractivity contribution >= 4 is 22.7 Å². The molecule has 0 bridgehead atoms. The number of nitrogens with zero attached hydrogens (tertiary/aromatic N) is 3. The van der Waals surface area contributed by atoms with Gasteiger partial charge in [-0.3, -0.25) is 14.5 Å². The fourth-order valence-corrected chi connectivity index (χ4v) is 5.83. The molecule has 2 aliphatic heterocycles. The van der Waals surface area contributed by atoms with Crippen molar-refractivity contribution in [2.45, 2.75) is 18.5 Å². The summed E-state index contributed by atoms with van der Waals surface area (Å²) in [5, 5.41) is 1.05. The van der Waals surface area contributed by atoms with E-state index in [2.05, 4.69) is 40.2 Å². The van der Waals surface area contributed by atoms with Gasteiger partial charge in [-0.1, -0.05) is 66.7 Å². The molecule has 4 aromatic rings. The Bertz CT molecular complexity index is 1400. The molecule has 3 aromatic carbocycles. The predicted molar refractivity (Wildman–Crippen MR) is 141 cm³/mol. The van der Waals surface area contributed by atoms with Crippen molar-refractivity contribution in [2.75, 3.05) is 33.2 Å². The van der Waals surface area contributed by atoms with Crippen molar-refractivity contribution in [3.63, 3.8) is 0 Å². The van der Waals surface area contributed by atoms with Gasteiger partial charge in [0.05, 0.1) is 12.0 Å². The highest BCUT2D eigenvalue weighted by Gasteiger charge is 2.45. The number of hydrogen-bond acceptors (Lipinski definition) is 3. The molecule has 2 atom stereocenters. The molecule has 2 amide bonds. The zero-order valence-corrected chi connectivity index (χ0v) is 20.4. The number of hydrogen-bond donors (Lipinski definition) is 1. The van der Waals surface area contributed by atoms with Gasteiger partial charge in [0.2, 0.25) is 5.91 Å². The highest BCUT2D eigenvalue weighted by Crippen LogP contribution is 2.45. The zero-order chi connectivity index (χ0) is 24.6. The maximum atomic E-state index is 14.2. The van der Waals surface area contributed by atoms with Crippen molar-refractivity contribution < 1.29 is 9.59 Å². The van der Waals surface area contributed by atoms with Gasteiger partial charge in [-0.05, 0) is 23.3 Å². The largest absolute Gasteiger partial charge is 0.361 e. The van der Waals surface area contributed by atoms with Crippen LogP contribution in [0.25, 0.3) is 10.9 Å². The molecule has 1 N–H and O–H groups in total. The van der Waals surface area contributed by atoms with Gasteiger partial charge in [-0.25, -0.2) is 0 Å². The van der Waals surface area contributed by atoms with Crippen LogP contribution < -0.4 is 0 Å². The fraction of sp³-hybridized carbons (Fsp3) is 0.267. The summed E-state index contributed by atoms with van der Waals surface area (Å²) in [4.78, 5) is 37.1. The average molecular weight is 479 g/mol. The molecule has 0 saturated carbocycles. The fourth-order valence-electron chi connectivity index (χ4n) is 5.83. The second kappa shape index (κ2) is 9.28. The molecular weight excluding hydrogens is 448 g/mol. The minimum absolute atomic E-state index is 0.0439. The Hall–Kier alpha value is -3.90. The first-order valence-corrected chi connectivity index (χ1v) is 12.6. The van der Waals surface area contributed by atoms with Crippen LogP contribution in [0, 0.1) is 0 Å². The third kappa shape index (κ3) is 3.88. The Morgan fingerprint density at radius 3 is 2.36 bits per heavy atom. The maximum Gasteiger partial charge on any atom is 0.254 e. The Morgan fingerprint density at radius 1 is 0.861 bits per heavy atom. The van der Waals surface area contributed by atoms with Crippen LogP contribution in [-0.4, -0.2) is 64.7 Å². The van der Waals surface area contributed by atoms with Crippen molar-refractivity contribution in [3.05, 3.63) is 107 Å². The molecule has 0 spiro atoms. The Kier molecular flexibility index (Phi) is 5.82. The van der Waals surface area contributed by atoms with E-state index in [0.29, 0.717) is 18.7 Å². The number of H-pyrrole nitrogens is 1. The lowest BCUT2D eigenvalue weighted by Gasteiger charge is -2.43. The smallest absolute Gasteiger partial charge is 0.254 e. The summed E-state index contributed by atoms with van der Waals surface area (Å²) in [6.45, 7) is 3.93. The molecule has 182 valence electrons. The molecule has 6 rings (SSSR count). The van der Waals surface area contributed by atoms with Crippen LogP contribution in [0.5, 0.6) is 0 Å². The lowest BCUT2D eigenvalue weighted by atomic mass is 9.79. The summed E-state index contributed by atoms with van der Waals surface area (Å²) in [6.07, 6.45) is 1.96. The molecule has 6 heteroatoms. The van der Waals surface area contributed by atoms with Gasteiger partial charge in [-0.2, -0.15) is 0 Å². The van der Waals surface area contributed by atoms with E-state index < -0.39 is 5.92 Å². The van der Waals surface area contributed by atoms with Crippen LogP contribution in [0.2, 0.25) is 0 Å². The van der Waals surface area contributed by atoms with Gasteiger partial charge < -0.3 is 14.8 Å². The third-order valence-corrected chi connectivity index (χ3v) is 7.72. The third-order valence-electron chi connectivity index (χ3n) is 7.72. The molecule has 36 heavy (non-hydrogen) atoms. The minimum atomic E-state index is -0.455. The summed E-state index contributed by atoms with van der Waals surface area (Å²) >= 11 is 0. The minimum Gasteiger partial charge on any atom is -0.361 e. The molecule has 3 heterocycles. The SMILES string of the molecule is CN1C(=O)c2ccccc2C(C(=O)N2CCN(Cc3ccccc3)CC2)C1c1c[nH]c2ccccc12. The van der Waals surface area contributed by atoms with Gasteiger partial charge in [0.25, 0.3) is 5.91 Å². The Morgan fingerprint density at radius 2 is 1.56 bits per heavy atom. The second-order valence-corrected chi connectivity index (χ2v) is 9.80. The summed E-state index contributed by atoms with van der Waals surface area (Å²) in [6, 6.07) is 25.8. The molecule has 0 aliphatic carbocycles. The topological polar surface area (TPSA) is 59.7 Å². The molecular formula is C30H30N4O2. The number of aromatic amines is 1. The van der Waals surface area contributed by atoms with E-state index in [1.54, 1.807) is 4.90 Å². The Balaban J connectivity index is 1.32. The number of carbonyl (C=O) groups is 2. The van der Waals surface area contributed by atoms with E-state index in [9.17, 15) is 9.59 Å². The number of nitrogens with one attached hydrogen (secondary N) is 1. The lowest BCUT2D eigenvalue weighted by molar-refractivity contribution is -0.136. The van der Waals surface area contributed by atoms with Crippen LogP contribution in [0.3, 0.4) is 0 Å². The molecule has 1 aromatic heterocycles. The van der Waals surface area contributed by atoms with E-state index in [0.717, 1.165) is 41.7 Å². The van der Waals surface area contributed by atoms with Gasteiger partial charge in [0, 0.05) is 68.0 Å². The highest BCUT2D eigenvalue weighted by atomic mass is 16.2. The first-order chi connectivity index (χ1) is 17.6.